The van der Waals surface area contributed by atoms with Crippen molar-refractivity contribution in [2.75, 3.05) is 5.32 Å². The molecule has 2 aromatic carbocycles. The molecule has 1 heterocycles. The van der Waals surface area contributed by atoms with Crippen LogP contribution in [0.15, 0.2) is 51.7 Å². The largest absolute Gasteiger partial charge is 0.508 e. The number of carbonyl (C=O) groups excluding carboxylic acids is 1. The summed E-state index contributed by atoms with van der Waals surface area (Å²) in [6.07, 6.45) is 0. The predicted molar refractivity (Wildman–Crippen MR) is 88.3 cm³/mol. The van der Waals surface area contributed by atoms with Gasteiger partial charge in [-0.2, -0.15) is 0 Å². The van der Waals surface area contributed by atoms with Gasteiger partial charge in [-0.05, 0) is 36.8 Å². The summed E-state index contributed by atoms with van der Waals surface area (Å²) in [7, 11) is 0. The van der Waals surface area contributed by atoms with Gasteiger partial charge in [0, 0.05) is 11.5 Å². The van der Waals surface area contributed by atoms with Crippen LogP contribution in [-0.4, -0.2) is 11.0 Å². The summed E-state index contributed by atoms with van der Waals surface area (Å²) in [6.45, 7) is 1.80. The molecule has 23 heavy (non-hydrogen) atoms. The second-order valence-corrected chi connectivity index (χ2v) is 5.46. The lowest BCUT2D eigenvalue weighted by molar-refractivity contribution is 0.102. The first-order valence-corrected chi connectivity index (χ1v) is 7.17. The molecule has 2 N–H and O–H groups in total. The summed E-state index contributed by atoms with van der Waals surface area (Å²) in [5, 5.41) is 12.9. The van der Waals surface area contributed by atoms with Crippen molar-refractivity contribution in [3.05, 3.63) is 69.0 Å². The van der Waals surface area contributed by atoms with Gasteiger partial charge in [0.25, 0.3) is 5.91 Å². The standard InChI is InChI=1S/C17H12ClNO4/c1-9-3-2-4-13(18)15(9)19-16(21)12-7-10-5-6-11(20)8-14(10)23-17(12)22/h2-8,20H,1H3,(H,19,21). The van der Waals surface area contributed by atoms with Crippen molar-refractivity contribution in [3.8, 4) is 5.75 Å². The number of benzene rings is 2. The smallest absolute Gasteiger partial charge is 0.349 e. The molecule has 0 spiro atoms. The highest BCUT2D eigenvalue weighted by Gasteiger charge is 2.16. The van der Waals surface area contributed by atoms with E-state index in [4.69, 9.17) is 16.0 Å². The highest BCUT2D eigenvalue weighted by Crippen LogP contribution is 2.26. The highest BCUT2D eigenvalue weighted by molar-refractivity contribution is 6.34. The maximum atomic E-state index is 12.4. The van der Waals surface area contributed by atoms with Crippen molar-refractivity contribution in [1.29, 1.82) is 0 Å². The maximum Gasteiger partial charge on any atom is 0.349 e. The SMILES string of the molecule is Cc1cccc(Cl)c1NC(=O)c1cc2ccc(O)cc2oc1=O. The molecule has 5 nitrogen and oxygen atoms in total. The summed E-state index contributed by atoms with van der Waals surface area (Å²) in [4.78, 5) is 24.4. The molecule has 1 aromatic heterocycles. The quantitative estimate of drug-likeness (QED) is 0.702. The first kappa shape index (κ1) is 15.1. The van der Waals surface area contributed by atoms with Crippen LogP contribution >= 0.6 is 11.6 Å². The van der Waals surface area contributed by atoms with Gasteiger partial charge in [0.1, 0.15) is 16.9 Å². The van der Waals surface area contributed by atoms with E-state index in [0.717, 1.165) is 5.56 Å². The molecule has 1 amide bonds. The second-order valence-electron chi connectivity index (χ2n) is 5.06. The molecule has 0 bridgehead atoms. The van der Waals surface area contributed by atoms with Crippen molar-refractivity contribution in [2.24, 2.45) is 0 Å². The third kappa shape index (κ3) is 2.91. The Labute approximate surface area is 136 Å². The summed E-state index contributed by atoms with van der Waals surface area (Å²) < 4.78 is 5.08. The number of fused-ring (bicyclic) bond motifs is 1. The molecular weight excluding hydrogens is 318 g/mol. The minimum Gasteiger partial charge on any atom is -0.508 e. The molecule has 0 saturated heterocycles. The minimum atomic E-state index is -0.787. The normalized spacial score (nSPS) is 10.7. The average molecular weight is 330 g/mol. The maximum absolute atomic E-state index is 12.4. The summed E-state index contributed by atoms with van der Waals surface area (Å²) in [5.74, 6) is -0.630. The van der Waals surface area contributed by atoms with E-state index in [2.05, 4.69) is 5.32 Å². The van der Waals surface area contributed by atoms with E-state index in [1.165, 1.54) is 18.2 Å². The zero-order valence-corrected chi connectivity index (χ0v) is 12.8. The number of rotatable bonds is 2. The fourth-order valence-electron chi connectivity index (χ4n) is 2.23. The Morgan fingerprint density at radius 2 is 2.00 bits per heavy atom. The molecule has 0 atom stereocenters. The van der Waals surface area contributed by atoms with Crippen LogP contribution in [0.1, 0.15) is 15.9 Å². The van der Waals surface area contributed by atoms with Gasteiger partial charge in [0.15, 0.2) is 0 Å². The number of anilines is 1. The molecule has 0 aliphatic carbocycles. The van der Waals surface area contributed by atoms with E-state index in [9.17, 15) is 14.7 Å². The molecule has 0 radical (unpaired) electrons. The molecule has 116 valence electrons. The van der Waals surface area contributed by atoms with Crippen molar-refractivity contribution in [2.45, 2.75) is 6.92 Å². The van der Waals surface area contributed by atoms with E-state index in [1.807, 2.05) is 0 Å². The summed E-state index contributed by atoms with van der Waals surface area (Å²) in [5.41, 5.74) is 0.513. The van der Waals surface area contributed by atoms with E-state index in [0.29, 0.717) is 16.1 Å². The number of phenols is 1. The number of phenolic OH excluding ortho intramolecular Hbond substituents is 1. The van der Waals surface area contributed by atoms with Crippen LogP contribution in [0.2, 0.25) is 5.02 Å². The van der Waals surface area contributed by atoms with E-state index < -0.39 is 11.5 Å². The van der Waals surface area contributed by atoms with Crippen molar-refractivity contribution in [1.82, 2.24) is 0 Å². The number of hydrogen-bond donors (Lipinski definition) is 2. The molecule has 3 aromatic rings. The van der Waals surface area contributed by atoms with Crippen LogP contribution in [0.5, 0.6) is 5.75 Å². The van der Waals surface area contributed by atoms with Crippen LogP contribution in [0.25, 0.3) is 11.0 Å². The second kappa shape index (κ2) is 5.78. The zero-order chi connectivity index (χ0) is 16.6. The molecule has 0 unspecified atom stereocenters. The van der Waals surface area contributed by atoms with Crippen molar-refractivity contribution < 1.29 is 14.3 Å². The number of nitrogens with one attached hydrogen (secondary N) is 1. The molecule has 0 aliphatic rings. The Hall–Kier alpha value is -2.79. The van der Waals surface area contributed by atoms with Crippen LogP contribution in [0, 0.1) is 6.92 Å². The number of para-hydroxylation sites is 1. The van der Waals surface area contributed by atoms with Crippen molar-refractivity contribution >= 4 is 34.2 Å². The monoisotopic (exact) mass is 329 g/mol. The van der Waals surface area contributed by atoms with Crippen LogP contribution in [0.3, 0.4) is 0 Å². The first-order valence-electron chi connectivity index (χ1n) is 6.79. The molecule has 0 fully saturated rings. The fourth-order valence-corrected chi connectivity index (χ4v) is 2.50. The third-order valence-electron chi connectivity index (χ3n) is 3.42. The number of carbonyl (C=O) groups is 1. The Morgan fingerprint density at radius 3 is 2.74 bits per heavy atom. The van der Waals surface area contributed by atoms with Gasteiger partial charge >= 0.3 is 5.63 Å². The highest BCUT2D eigenvalue weighted by atomic mass is 35.5. The first-order chi connectivity index (χ1) is 11.0. The molecule has 6 heteroatoms. The Balaban J connectivity index is 2.03. The van der Waals surface area contributed by atoms with Gasteiger partial charge in [-0.15, -0.1) is 0 Å². The molecular formula is C17H12ClNO4. The summed E-state index contributed by atoms with van der Waals surface area (Å²) in [6, 6.07) is 11.0. The Morgan fingerprint density at radius 1 is 1.22 bits per heavy atom. The van der Waals surface area contributed by atoms with Gasteiger partial charge in [0.05, 0.1) is 10.7 Å². The van der Waals surface area contributed by atoms with Gasteiger partial charge < -0.3 is 14.8 Å². The Bertz CT molecular complexity index is 958. The fraction of sp³-hybridized carbons (Fsp3) is 0.0588. The molecule has 0 saturated carbocycles. The van der Waals surface area contributed by atoms with E-state index in [1.54, 1.807) is 31.2 Å². The van der Waals surface area contributed by atoms with Crippen LogP contribution in [0.4, 0.5) is 5.69 Å². The van der Waals surface area contributed by atoms with E-state index >= 15 is 0 Å². The Kier molecular flexibility index (Phi) is 3.80. The minimum absolute atomic E-state index is 0.0236. The molecule has 3 rings (SSSR count). The van der Waals surface area contributed by atoms with Gasteiger partial charge in [-0.3, -0.25) is 4.79 Å². The van der Waals surface area contributed by atoms with Gasteiger partial charge in [-0.1, -0.05) is 23.7 Å². The van der Waals surface area contributed by atoms with E-state index in [-0.39, 0.29) is 16.9 Å². The van der Waals surface area contributed by atoms with Crippen LogP contribution in [-0.2, 0) is 0 Å². The number of aryl methyl sites for hydroxylation is 1. The number of halogens is 1. The topological polar surface area (TPSA) is 79.5 Å². The van der Waals surface area contributed by atoms with Crippen LogP contribution < -0.4 is 10.9 Å². The lowest BCUT2D eigenvalue weighted by Gasteiger charge is -2.10. The lowest BCUT2D eigenvalue weighted by Crippen LogP contribution is -2.21. The average Bonchev–Trinajstić information content (AvgIpc) is 2.50. The summed E-state index contributed by atoms with van der Waals surface area (Å²) >= 11 is 6.07. The van der Waals surface area contributed by atoms with Gasteiger partial charge in [-0.25, -0.2) is 4.79 Å². The lowest BCUT2D eigenvalue weighted by atomic mass is 10.1. The number of aromatic hydroxyl groups is 1. The zero-order valence-electron chi connectivity index (χ0n) is 12.1. The molecule has 0 aliphatic heterocycles. The van der Waals surface area contributed by atoms with Gasteiger partial charge in [0.2, 0.25) is 0 Å². The third-order valence-corrected chi connectivity index (χ3v) is 3.74. The number of hydrogen-bond acceptors (Lipinski definition) is 4. The predicted octanol–water partition coefficient (Wildman–Crippen LogP) is 3.71. The number of amides is 1. The van der Waals surface area contributed by atoms with Crippen molar-refractivity contribution in [3.63, 3.8) is 0 Å².